The number of hydrogen-bond acceptors (Lipinski definition) is 6. The first kappa shape index (κ1) is 30.5. The Morgan fingerprint density at radius 1 is 1.02 bits per heavy atom. The third-order valence-electron chi connectivity index (χ3n) is 7.98. The molecule has 3 aromatic rings. The van der Waals surface area contributed by atoms with Crippen molar-refractivity contribution in [3.63, 3.8) is 0 Å². The first-order valence-corrected chi connectivity index (χ1v) is 16.5. The molecule has 1 aliphatic rings. The first-order valence-electron chi connectivity index (χ1n) is 14.1. The minimum atomic E-state index is -3.85. The van der Waals surface area contributed by atoms with Crippen LogP contribution >= 0.6 is 11.3 Å². The molecule has 1 saturated heterocycles. The largest absolute Gasteiger partial charge is 0.343 e. The molecule has 1 N–H and O–H groups in total. The lowest BCUT2D eigenvalue weighted by Crippen LogP contribution is -2.47. The van der Waals surface area contributed by atoms with Crippen LogP contribution in [0.5, 0.6) is 0 Å². The summed E-state index contributed by atoms with van der Waals surface area (Å²) in [5.41, 5.74) is 1.93. The summed E-state index contributed by atoms with van der Waals surface area (Å²) in [4.78, 5) is 28.4. The van der Waals surface area contributed by atoms with Crippen molar-refractivity contribution in [1.29, 1.82) is 5.26 Å². The fourth-order valence-corrected chi connectivity index (χ4v) is 8.95. The minimum Gasteiger partial charge on any atom is -0.343 e. The predicted octanol–water partition coefficient (Wildman–Crippen LogP) is 5.90. The van der Waals surface area contributed by atoms with Gasteiger partial charge in [-0.25, -0.2) is 8.42 Å². The Balaban J connectivity index is 1.39. The Morgan fingerprint density at radius 3 is 2.20 bits per heavy atom. The summed E-state index contributed by atoms with van der Waals surface area (Å²) in [7, 11) is -3.85. The number of sulfone groups is 1. The lowest BCUT2D eigenvalue weighted by molar-refractivity contribution is -0.138. The summed E-state index contributed by atoms with van der Waals surface area (Å²) in [6.07, 6.45) is 2.54. The molecule has 4 rings (SSSR count). The Bertz CT molecular complexity index is 1410. The van der Waals surface area contributed by atoms with Crippen LogP contribution in [0.2, 0.25) is 0 Å². The number of nitriles is 1. The number of thiophene rings is 1. The maximum atomic E-state index is 13.5. The number of likely N-dealkylation sites (tertiary alicyclic amines) is 1. The van der Waals surface area contributed by atoms with Gasteiger partial charge in [0.15, 0.2) is 4.75 Å². The fourth-order valence-electron chi connectivity index (χ4n) is 5.61. The van der Waals surface area contributed by atoms with Crippen molar-refractivity contribution in [2.45, 2.75) is 73.4 Å². The monoisotopic (exact) mass is 591 g/mol. The molecule has 41 heavy (non-hydrogen) atoms. The molecular formula is C32H37N3O4S2. The zero-order chi connectivity index (χ0) is 29.5. The van der Waals surface area contributed by atoms with Gasteiger partial charge in [-0.15, -0.1) is 11.3 Å². The van der Waals surface area contributed by atoms with E-state index in [1.807, 2.05) is 60.7 Å². The molecule has 0 bridgehead atoms. The second-order valence-electron chi connectivity index (χ2n) is 10.8. The minimum absolute atomic E-state index is 0.119. The molecule has 2 aromatic carbocycles. The summed E-state index contributed by atoms with van der Waals surface area (Å²) in [5, 5.41) is 14.9. The summed E-state index contributed by atoms with van der Waals surface area (Å²) < 4.78 is 25.4. The lowest BCUT2D eigenvalue weighted by Gasteiger charge is -2.30. The van der Waals surface area contributed by atoms with Crippen LogP contribution in [0.4, 0.5) is 0 Å². The third-order valence-corrected chi connectivity index (χ3v) is 12.0. The first-order chi connectivity index (χ1) is 19.7. The lowest BCUT2D eigenvalue weighted by atomic mass is 9.90. The number of nitrogens with one attached hydrogen (secondary N) is 1. The SMILES string of the molecule is CC(C)C(C#N)(CCCCC(=O)N1CCC[C@@H]1C(=O)NC(c1ccccc1)c1ccccc1)S(=O)(=O)c1cccs1. The smallest absolute Gasteiger partial charge is 0.243 e. The van der Waals surface area contributed by atoms with Gasteiger partial charge in [-0.2, -0.15) is 5.26 Å². The second kappa shape index (κ2) is 13.5. The van der Waals surface area contributed by atoms with Crippen LogP contribution in [-0.4, -0.2) is 42.5 Å². The van der Waals surface area contributed by atoms with Gasteiger partial charge in [0.05, 0.1) is 12.1 Å². The topological polar surface area (TPSA) is 107 Å². The van der Waals surface area contributed by atoms with E-state index in [1.165, 1.54) is 6.07 Å². The van der Waals surface area contributed by atoms with Crippen LogP contribution in [0.3, 0.4) is 0 Å². The standard InChI is InChI=1S/C32H37N3O4S2/c1-24(2)32(23-33,41(38,39)29-19-12-22-40-29)20-10-9-18-28(36)35-21-11-17-27(35)31(37)34-30(25-13-5-3-6-14-25)26-15-7-4-8-16-26/h3-8,12-16,19,22,24,27,30H,9-11,17-18,20-21H2,1-2H3,(H,34,37)/t27-,32?/m1/s1. The average molecular weight is 592 g/mol. The summed E-state index contributed by atoms with van der Waals surface area (Å²) in [6.45, 7) is 4.02. The van der Waals surface area contributed by atoms with Crippen molar-refractivity contribution < 1.29 is 18.0 Å². The van der Waals surface area contributed by atoms with E-state index in [4.69, 9.17) is 0 Å². The van der Waals surface area contributed by atoms with Gasteiger partial charge < -0.3 is 10.2 Å². The number of nitrogens with zero attached hydrogens (tertiary/aromatic N) is 2. The van der Waals surface area contributed by atoms with Crippen molar-refractivity contribution in [2.24, 2.45) is 5.92 Å². The summed E-state index contributed by atoms with van der Waals surface area (Å²) in [6, 6.07) is 24.0. The van der Waals surface area contributed by atoms with Gasteiger partial charge in [-0.05, 0) is 54.2 Å². The fraction of sp³-hybridized carbons (Fsp3) is 0.406. The molecule has 9 heteroatoms. The molecule has 2 amide bonds. The Kier molecular flexibility index (Phi) is 10.0. The van der Waals surface area contributed by atoms with E-state index in [9.17, 15) is 23.3 Å². The Labute approximate surface area is 247 Å². The summed E-state index contributed by atoms with van der Waals surface area (Å²) in [5.74, 6) is -0.713. The van der Waals surface area contributed by atoms with E-state index in [2.05, 4.69) is 11.4 Å². The van der Waals surface area contributed by atoms with Crippen LogP contribution < -0.4 is 5.32 Å². The molecule has 0 spiro atoms. The van der Waals surface area contributed by atoms with Gasteiger partial charge in [0, 0.05) is 13.0 Å². The Hall–Kier alpha value is -3.48. The number of hydrogen-bond donors (Lipinski definition) is 1. The van der Waals surface area contributed by atoms with Gasteiger partial charge >= 0.3 is 0 Å². The molecule has 2 atom stereocenters. The molecule has 2 heterocycles. The van der Waals surface area contributed by atoms with Gasteiger partial charge in [0.25, 0.3) is 0 Å². The maximum absolute atomic E-state index is 13.5. The molecule has 1 aromatic heterocycles. The average Bonchev–Trinajstić information content (AvgIpc) is 3.70. The van der Waals surface area contributed by atoms with E-state index in [0.29, 0.717) is 25.8 Å². The molecule has 1 fully saturated rings. The molecule has 0 aliphatic carbocycles. The quantitative estimate of drug-likeness (QED) is 0.264. The highest BCUT2D eigenvalue weighted by Crippen LogP contribution is 2.38. The van der Waals surface area contributed by atoms with Crippen molar-refractivity contribution in [2.75, 3.05) is 6.54 Å². The molecule has 0 radical (unpaired) electrons. The molecule has 0 saturated carbocycles. The van der Waals surface area contributed by atoms with Gasteiger partial charge in [0.1, 0.15) is 10.3 Å². The number of unbranched alkanes of at least 4 members (excludes halogenated alkanes) is 1. The summed E-state index contributed by atoms with van der Waals surface area (Å²) >= 11 is 1.12. The van der Waals surface area contributed by atoms with Gasteiger partial charge in [-0.1, -0.05) is 87.0 Å². The van der Waals surface area contributed by atoms with Crippen molar-refractivity contribution >= 4 is 33.0 Å². The normalized spacial score (nSPS) is 16.9. The molecule has 7 nitrogen and oxygen atoms in total. The van der Waals surface area contributed by atoms with Gasteiger partial charge in [-0.3, -0.25) is 9.59 Å². The number of rotatable bonds is 12. The van der Waals surface area contributed by atoms with Crippen LogP contribution in [-0.2, 0) is 19.4 Å². The molecule has 216 valence electrons. The molecule has 1 unspecified atom stereocenters. The van der Waals surface area contributed by atoms with Crippen molar-refractivity contribution in [1.82, 2.24) is 10.2 Å². The number of carbonyl (C=O) groups is 2. The van der Waals surface area contributed by atoms with E-state index in [-0.39, 0.29) is 34.9 Å². The van der Waals surface area contributed by atoms with E-state index < -0.39 is 26.5 Å². The van der Waals surface area contributed by atoms with Crippen LogP contribution in [0, 0.1) is 17.2 Å². The van der Waals surface area contributed by atoms with Crippen LogP contribution in [0.1, 0.15) is 69.5 Å². The second-order valence-corrected chi connectivity index (χ2v) is 14.2. The Morgan fingerprint density at radius 2 is 1.66 bits per heavy atom. The van der Waals surface area contributed by atoms with Crippen LogP contribution in [0.15, 0.2) is 82.4 Å². The maximum Gasteiger partial charge on any atom is 0.243 e. The number of amides is 2. The third kappa shape index (κ3) is 6.55. The van der Waals surface area contributed by atoms with Crippen molar-refractivity contribution in [3.05, 3.63) is 89.3 Å². The van der Waals surface area contributed by atoms with Crippen LogP contribution in [0.25, 0.3) is 0 Å². The zero-order valence-electron chi connectivity index (χ0n) is 23.5. The van der Waals surface area contributed by atoms with Gasteiger partial charge in [0.2, 0.25) is 21.7 Å². The van der Waals surface area contributed by atoms with E-state index in [0.717, 1.165) is 28.9 Å². The number of benzene rings is 2. The highest BCUT2D eigenvalue weighted by molar-refractivity contribution is 7.95. The molecular weight excluding hydrogens is 555 g/mol. The van der Waals surface area contributed by atoms with E-state index >= 15 is 0 Å². The zero-order valence-corrected chi connectivity index (χ0v) is 25.2. The predicted molar refractivity (Wildman–Crippen MR) is 161 cm³/mol. The van der Waals surface area contributed by atoms with E-state index in [1.54, 1.807) is 30.2 Å². The van der Waals surface area contributed by atoms with Crippen molar-refractivity contribution in [3.8, 4) is 6.07 Å². The molecule has 1 aliphatic heterocycles. The number of carbonyl (C=O) groups excluding carboxylic acids is 2. The highest BCUT2D eigenvalue weighted by Gasteiger charge is 2.48. The highest BCUT2D eigenvalue weighted by atomic mass is 32.2.